The summed E-state index contributed by atoms with van der Waals surface area (Å²) < 4.78 is 5.71. The number of likely N-dealkylation sites (N-methyl/N-ethyl adjacent to an activating group) is 2. The predicted octanol–water partition coefficient (Wildman–Crippen LogP) is 2.92. The van der Waals surface area contributed by atoms with Gasteiger partial charge >= 0.3 is 0 Å². The van der Waals surface area contributed by atoms with Gasteiger partial charge in [0.2, 0.25) is 5.91 Å². The Bertz CT molecular complexity index is 1150. The number of carbonyl (C=O) groups excluding carboxylic acids is 1. The molecule has 3 N–H and O–H groups in total. The number of nitrogens with one attached hydrogen (secondary N) is 3. The third-order valence-electron chi connectivity index (χ3n) is 5.98. The lowest BCUT2D eigenvalue weighted by Crippen LogP contribution is -2.33. The molecule has 0 aromatic heterocycles. The van der Waals surface area contributed by atoms with E-state index < -0.39 is 6.17 Å². The summed E-state index contributed by atoms with van der Waals surface area (Å²) in [5.41, 5.74) is 3.17. The van der Waals surface area contributed by atoms with E-state index >= 15 is 0 Å². The molecule has 1 aliphatic carbocycles. The van der Waals surface area contributed by atoms with Crippen LogP contribution in [0.15, 0.2) is 75.9 Å². The van der Waals surface area contributed by atoms with Crippen molar-refractivity contribution in [1.29, 1.82) is 0 Å². The first-order chi connectivity index (χ1) is 17.4. The number of rotatable bonds is 10. The first-order valence-corrected chi connectivity index (χ1v) is 11.7. The van der Waals surface area contributed by atoms with Crippen LogP contribution in [0.3, 0.4) is 0 Å². The second-order valence-electron chi connectivity index (χ2n) is 8.84. The molecule has 0 saturated carbocycles. The molecule has 2 aliphatic heterocycles. The van der Waals surface area contributed by atoms with Gasteiger partial charge in [0.1, 0.15) is 23.8 Å². The van der Waals surface area contributed by atoms with Gasteiger partial charge in [0.05, 0.1) is 36.2 Å². The number of nitrogens with zero attached hydrogens (tertiary/aromatic N) is 6. The number of carbonyl (C=O) groups is 1. The third kappa shape index (κ3) is 5.57. The van der Waals surface area contributed by atoms with Crippen LogP contribution in [0.4, 0.5) is 17.1 Å². The lowest BCUT2D eigenvalue weighted by atomic mass is 10.1. The molecule has 0 spiro atoms. The fraction of sp³-hybridized carbons (Fsp3) is 0.360. The molecule has 2 heterocycles. The number of fused-ring (bicyclic) bond motifs is 1. The highest BCUT2D eigenvalue weighted by atomic mass is 16.5. The summed E-state index contributed by atoms with van der Waals surface area (Å²) in [6.07, 6.45) is 11.4. The fourth-order valence-corrected chi connectivity index (χ4v) is 3.99. The molecule has 1 amide bonds. The number of amides is 1. The van der Waals surface area contributed by atoms with Gasteiger partial charge in [0.25, 0.3) is 0 Å². The molecule has 11 nitrogen and oxygen atoms in total. The second-order valence-corrected chi connectivity index (χ2v) is 8.84. The van der Waals surface area contributed by atoms with Crippen LogP contribution in [0.25, 0.3) is 0 Å². The smallest absolute Gasteiger partial charge is 0.247 e. The Morgan fingerprint density at radius 2 is 2.14 bits per heavy atom. The molecule has 3 aliphatic rings. The average Bonchev–Trinajstić information content (AvgIpc) is 3.32. The number of allylic oxidation sites excluding steroid dienone is 2. The van der Waals surface area contributed by atoms with Crippen molar-refractivity contribution in [3.05, 3.63) is 60.6 Å². The van der Waals surface area contributed by atoms with Gasteiger partial charge in [-0.3, -0.25) is 4.79 Å². The van der Waals surface area contributed by atoms with E-state index in [0.29, 0.717) is 17.1 Å². The highest BCUT2D eigenvalue weighted by Crippen LogP contribution is 2.38. The topological polar surface area (TPSA) is 109 Å². The molecule has 0 bridgehead atoms. The van der Waals surface area contributed by atoms with Gasteiger partial charge in [-0.25, -0.2) is 10.0 Å². The molecule has 1 aromatic carbocycles. The Morgan fingerprint density at radius 3 is 2.89 bits per heavy atom. The van der Waals surface area contributed by atoms with Gasteiger partial charge in [-0.05, 0) is 38.7 Å². The van der Waals surface area contributed by atoms with Gasteiger partial charge in [-0.2, -0.15) is 5.11 Å². The summed E-state index contributed by atoms with van der Waals surface area (Å²) in [6, 6.07) is 3.80. The van der Waals surface area contributed by atoms with Crippen LogP contribution in [0, 0.1) is 0 Å². The minimum absolute atomic E-state index is 0.0381. The van der Waals surface area contributed by atoms with Crippen LogP contribution in [0.5, 0.6) is 5.75 Å². The molecule has 0 fully saturated rings. The van der Waals surface area contributed by atoms with Gasteiger partial charge in [-0.1, -0.05) is 24.0 Å². The van der Waals surface area contributed by atoms with E-state index in [-0.39, 0.29) is 11.9 Å². The molecular formula is C25H33N9O2. The third-order valence-corrected chi connectivity index (χ3v) is 5.98. The van der Waals surface area contributed by atoms with Crippen molar-refractivity contribution in [3.8, 4) is 5.75 Å². The number of methoxy groups -OCH3 is 1. The van der Waals surface area contributed by atoms with Crippen molar-refractivity contribution >= 4 is 29.3 Å². The molecule has 190 valence electrons. The van der Waals surface area contributed by atoms with E-state index in [9.17, 15) is 4.79 Å². The van der Waals surface area contributed by atoms with Gasteiger partial charge in [0.15, 0.2) is 0 Å². The number of benzene rings is 1. The Labute approximate surface area is 211 Å². The van der Waals surface area contributed by atoms with Crippen LogP contribution >= 0.6 is 0 Å². The maximum Gasteiger partial charge on any atom is 0.247 e. The standard InChI is InChI=1S/C25H33N9O2/c1-6-25(35)29-18-13-19(22(36-5)14-21(18)33(4)12-11-32(2)3)28-23-15-24(27-16-26-23)34-20-10-8-7-9-17(20)30-31-34/h6-8,10,13-17,23,28H,1,9,11-12H2,2-5H3,(H,26,27)(H,29,35). The monoisotopic (exact) mass is 491 g/mol. The zero-order valence-electron chi connectivity index (χ0n) is 21.1. The molecule has 0 saturated heterocycles. The fourth-order valence-electron chi connectivity index (χ4n) is 3.99. The van der Waals surface area contributed by atoms with E-state index in [1.165, 1.54) is 6.08 Å². The zero-order chi connectivity index (χ0) is 25.7. The van der Waals surface area contributed by atoms with Crippen molar-refractivity contribution in [2.45, 2.75) is 18.6 Å². The molecule has 1 aromatic rings. The molecular weight excluding hydrogens is 458 g/mol. The Kier molecular flexibility index (Phi) is 7.69. The van der Waals surface area contributed by atoms with Crippen molar-refractivity contribution in [1.82, 2.24) is 15.2 Å². The van der Waals surface area contributed by atoms with Gasteiger partial charge in [0, 0.05) is 32.3 Å². The maximum absolute atomic E-state index is 12.2. The molecule has 36 heavy (non-hydrogen) atoms. The Hall–Kier alpha value is -4.12. The van der Waals surface area contributed by atoms with Crippen LogP contribution in [-0.2, 0) is 4.79 Å². The summed E-state index contributed by atoms with van der Waals surface area (Å²) in [4.78, 5) is 20.9. The summed E-state index contributed by atoms with van der Waals surface area (Å²) >= 11 is 0. The lowest BCUT2D eigenvalue weighted by Gasteiger charge is -2.27. The highest BCUT2D eigenvalue weighted by molar-refractivity contribution is 6.02. The average molecular weight is 492 g/mol. The predicted molar refractivity (Wildman–Crippen MR) is 143 cm³/mol. The Balaban J connectivity index is 1.60. The molecule has 2 unspecified atom stereocenters. The second kappa shape index (κ2) is 11.1. The van der Waals surface area contributed by atoms with E-state index in [1.54, 1.807) is 18.5 Å². The van der Waals surface area contributed by atoms with Crippen molar-refractivity contribution in [2.75, 3.05) is 56.9 Å². The maximum atomic E-state index is 12.2. The lowest BCUT2D eigenvalue weighted by molar-refractivity contribution is -0.111. The van der Waals surface area contributed by atoms with Gasteiger partial charge < -0.3 is 30.5 Å². The number of ether oxygens (including phenoxy) is 1. The van der Waals surface area contributed by atoms with Crippen molar-refractivity contribution < 1.29 is 9.53 Å². The van der Waals surface area contributed by atoms with Crippen LogP contribution < -0.4 is 25.6 Å². The van der Waals surface area contributed by atoms with Crippen molar-refractivity contribution in [2.24, 2.45) is 15.3 Å². The largest absolute Gasteiger partial charge is 0.495 e. The van der Waals surface area contributed by atoms with Crippen LogP contribution in [0.2, 0.25) is 0 Å². The zero-order valence-corrected chi connectivity index (χ0v) is 21.1. The minimum Gasteiger partial charge on any atom is -0.495 e. The number of hydrogen-bond acceptors (Lipinski definition) is 10. The van der Waals surface area contributed by atoms with Crippen molar-refractivity contribution in [3.63, 3.8) is 0 Å². The highest BCUT2D eigenvalue weighted by Gasteiger charge is 2.30. The number of hydrogen-bond donors (Lipinski definition) is 3. The quantitative estimate of drug-likeness (QED) is 0.432. The molecule has 0 radical (unpaired) electrons. The van der Waals surface area contributed by atoms with Gasteiger partial charge in [-0.15, -0.1) is 0 Å². The van der Waals surface area contributed by atoms with E-state index in [2.05, 4.69) is 53.7 Å². The minimum atomic E-state index is -0.399. The van der Waals surface area contributed by atoms with E-state index in [0.717, 1.165) is 36.7 Å². The normalized spacial score (nSPS) is 19.9. The van der Waals surface area contributed by atoms with E-state index in [1.807, 2.05) is 51.5 Å². The number of anilines is 3. The summed E-state index contributed by atoms with van der Waals surface area (Å²) in [6.45, 7) is 5.20. The van der Waals surface area contributed by atoms with Crippen LogP contribution in [-0.4, -0.2) is 75.7 Å². The van der Waals surface area contributed by atoms with Crippen LogP contribution in [0.1, 0.15) is 6.42 Å². The first kappa shape index (κ1) is 25.0. The first-order valence-electron chi connectivity index (χ1n) is 11.7. The molecule has 2 atom stereocenters. The Morgan fingerprint density at radius 1 is 1.31 bits per heavy atom. The SMILES string of the molecule is C=CC(=O)Nc1cc(NC2C=C(N3N=NC4CC=CC=C43)NC=N2)c(OC)cc1N(C)CCN(C)C. The number of aliphatic imine (C=N–C) groups is 1. The van der Waals surface area contributed by atoms with E-state index in [4.69, 9.17) is 4.74 Å². The summed E-state index contributed by atoms with van der Waals surface area (Å²) in [5.74, 6) is 1.09. The molecule has 11 heteroatoms. The summed E-state index contributed by atoms with van der Waals surface area (Å²) in [5, 5.41) is 20.0. The molecule has 4 rings (SSSR count). The summed E-state index contributed by atoms with van der Waals surface area (Å²) in [7, 11) is 7.64.